The molecule has 2 aromatic carbocycles. The zero-order valence-corrected chi connectivity index (χ0v) is 24.5. The number of benzene rings is 2. The van der Waals surface area contributed by atoms with Crippen LogP contribution in [0.4, 0.5) is 0 Å². The minimum Gasteiger partial charge on any atom is -0.493 e. The molecule has 1 spiro atoms. The third-order valence-corrected chi connectivity index (χ3v) is 11.5. The molecule has 2 N–H and O–H groups in total. The second-order valence-electron chi connectivity index (χ2n) is 13.2. The van der Waals surface area contributed by atoms with Crippen LogP contribution in [0.5, 0.6) is 11.5 Å². The zero-order valence-electron chi connectivity index (χ0n) is 24.5. The van der Waals surface area contributed by atoms with Crippen molar-refractivity contribution in [3.8, 4) is 11.5 Å². The normalized spacial score (nSPS) is 28.0. The van der Waals surface area contributed by atoms with Gasteiger partial charge in [-0.1, -0.05) is 18.2 Å². The Labute approximate surface area is 245 Å². The number of aromatic amines is 2. The number of imidazole rings is 1. The summed E-state index contributed by atoms with van der Waals surface area (Å²) in [6, 6.07) is 13.0. The SMILES string of the molecule is COc1ccc2c3c1O[C@H]1c4[nH]c(C(=O)N5CCC(c6nc7ccccc7[nH]6)CC5)c(C)c4C[C@H]4[C@@H](C2)N(C)CCC314. The summed E-state index contributed by atoms with van der Waals surface area (Å²) in [5.41, 5.74) is 9.02. The number of nitrogens with one attached hydrogen (secondary N) is 2. The van der Waals surface area contributed by atoms with Gasteiger partial charge >= 0.3 is 0 Å². The van der Waals surface area contributed by atoms with Crippen LogP contribution in [-0.2, 0) is 18.3 Å². The maximum atomic E-state index is 14.1. The molecule has 3 aliphatic heterocycles. The molecule has 0 radical (unpaired) electrons. The van der Waals surface area contributed by atoms with E-state index in [1.807, 2.05) is 17.0 Å². The van der Waals surface area contributed by atoms with Crippen LogP contribution >= 0.6 is 0 Å². The number of carbonyl (C=O) groups is 1. The summed E-state index contributed by atoms with van der Waals surface area (Å²) in [5, 5.41) is 0. The Kier molecular flexibility index (Phi) is 5.09. The number of piperidine rings is 2. The van der Waals surface area contributed by atoms with Gasteiger partial charge in [-0.2, -0.15) is 0 Å². The van der Waals surface area contributed by atoms with Crippen LogP contribution in [0.3, 0.4) is 0 Å². The van der Waals surface area contributed by atoms with Crippen LogP contribution in [-0.4, -0.2) is 70.5 Å². The van der Waals surface area contributed by atoms with Gasteiger partial charge in [0.25, 0.3) is 5.91 Å². The minimum absolute atomic E-state index is 0.0792. The average Bonchev–Trinajstić information content (AvgIpc) is 3.70. The molecule has 216 valence electrons. The van der Waals surface area contributed by atoms with Crippen molar-refractivity contribution in [1.29, 1.82) is 0 Å². The Balaban J connectivity index is 1.04. The van der Waals surface area contributed by atoms with E-state index in [1.165, 1.54) is 16.7 Å². The highest BCUT2D eigenvalue weighted by atomic mass is 16.5. The average molecular weight is 564 g/mol. The van der Waals surface area contributed by atoms with Crippen molar-refractivity contribution in [2.75, 3.05) is 33.8 Å². The lowest BCUT2D eigenvalue weighted by atomic mass is 9.51. The molecule has 4 atom stereocenters. The summed E-state index contributed by atoms with van der Waals surface area (Å²) in [5.74, 6) is 3.69. The molecule has 2 aromatic heterocycles. The summed E-state index contributed by atoms with van der Waals surface area (Å²) in [4.78, 5) is 30.7. The lowest BCUT2D eigenvalue weighted by molar-refractivity contribution is -0.0256. The number of likely N-dealkylation sites (N-methyl/N-ethyl adjacent to an activating group) is 1. The number of nitrogens with zero attached hydrogens (tertiary/aromatic N) is 3. The van der Waals surface area contributed by atoms with Gasteiger partial charge in [-0.3, -0.25) is 4.79 Å². The molecule has 2 saturated heterocycles. The van der Waals surface area contributed by atoms with Crippen molar-refractivity contribution < 1.29 is 14.3 Å². The van der Waals surface area contributed by atoms with Gasteiger partial charge in [-0.15, -0.1) is 0 Å². The van der Waals surface area contributed by atoms with Crippen LogP contribution in [0.15, 0.2) is 36.4 Å². The molecule has 0 saturated carbocycles. The predicted molar refractivity (Wildman–Crippen MR) is 159 cm³/mol. The number of para-hydroxylation sites is 2. The van der Waals surface area contributed by atoms with Gasteiger partial charge in [0.05, 0.1) is 23.8 Å². The van der Waals surface area contributed by atoms with E-state index in [4.69, 9.17) is 14.5 Å². The molecule has 5 aliphatic rings. The van der Waals surface area contributed by atoms with E-state index >= 15 is 0 Å². The van der Waals surface area contributed by atoms with Crippen LogP contribution in [0.25, 0.3) is 11.0 Å². The number of fused-ring (bicyclic) bond motifs is 3. The third-order valence-electron chi connectivity index (χ3n) is 11.5. The first-order chi connectivity index (χ1) is 20.5. The number of H-pyrrole nitrogens is 2. The Morgan fingerprint density at radius 3 is 2.74 bits per heavy atom. The van der Waals surface area contributed by atoms with E-state index in [0.717, 1.165) is 97.0 Å². The highest BCUT2D eigenvalue weighted by molar-refractivity contribution is 5.95. The highest BCUT2D eigenvalue weighted by Crippen LogP contribution is 2.67. The molecule has 2 aliphatic carbocycles. The molecule has 1 amide bonds. The van der Waals surface area contributed by atoms with E-state index in [1.54, 1.807) is 7.11 Å². The van der Waals surface area contributed by atoms with Gasteiger partial charge in [0.2, 0.25) is 0 Å². The molecule has 1 unspecified atom stereocenters. The summed E-state index contributed by atoms with van der Waals surface area (Å²) in [6.45, 7) is 4.65. The van der Waals surface area contributed by atoms with E-state index in [2.05, 4.69) is 53.1 Å². The molecule has 8 nitrogen and oxygen atoms in total. The Hall–Kier alpha value is -3.78. The van der Waals surface area contributed by atoms with Crippen molar-refractivity contribution in [2.24, 2.45) is 5.92 Å². The fourth-order valence-electron chi connectivity index (χ4n) is 9.33. The summed E-state index contributed by atoms with van der Waals surface area (Å²) < 4.78 is 12.7. The molecule has 42 heavy (non-hydrogen) atoms. The number of methoxy groups -OCH3 is 1. The molecular formula is C34H37N5O3. The molecular weight excluding hydrogens is 526 g/mol. The molecule has 9 rings (SSSR count). The highest BCUT2D eigenvalue weighted by Gasteiger charge is 2.65. The molecule has 8 heteroatoms. The van der Waals surface area contributed by atoms with Gasteiger partial charge < -0.3 is 29.2 Å². The Bertz CT molecular complexity index is 1730. The van der Waals surface area contributed by atoms with Crippen molar-refractivity contribution in [2.45, 2.75) is 62.5 Å². The van der Waals surface area contributed by atoms with Crippen LogP contribution < -0.4 is 9.47 Å². The maximum Gasteiger partial charge on any atom is 0.270 e. The topological polar surface area (TPSA) is 86.5 Å². The number of hydrogen-bond donors (Lipinski definition) is 2. The van der Waals surface area contributed by atoms with Crippen LogP contribution in [0, 0.1) is 12.8 Å². The van der Waals surface area contributed by atoms with Gasteiger partial charge in [-0.05, 0) is 93.4 Å². The second-order valence-corrected chi connectivity index (χ2v) is 13.2. The fraction of sp³-hybridized carbons (Fsp3) is 0.471. The maximum absolute atomic E-state index is 14.1. The van der Waals surface area contributed by atoms with Gasteiger partial charge in [0.1, 0.15) is 17.6 Å². The largest absolute Gasteiger partial charge is 0.493 e. The predicted octanol–water partition coefficient (Wildman–Crippen LogP) is 5.03. The molecule has 4 aromatic rings. The third kappa shape index (κ3) is 3.11. The number of amides is 1. The van der Waals surface area contributed by atoms with E-state index in [9.17, 15) is 4.79 Å². The molecule has 2 bridgehead atoms. The van der Waals surface area contributed by atoms with Gasteiger partial charge in [-0.25, -0.2) is 4.98 Å². The van der Waals surface area contributed by atoms with Gasteiger partial charge in [0.15, 0.2) is 11.5 Å². The standard InChI is InChI=1S/C34H37N5O3/c1-18-21-17-22-25-16-20-8-9-26(41-3)30-27(20)34(22,12-15-38(25)2)31(42-30)29(21)37-28(18)33(40)39-13-10-19(11-14-39)32-35-23-6-4-5-7-24(23)36-32/h4-9,19,22,25,31,37H,10-17H2,1-3H3,(H,35,36)/t22-,25+,31-,34?/m0/s1. The van der Waals surface area contributed by atoms with Crippen molar-refractivity contribution >= 4 is 16.9 Å². The first-order valence-corrected chi connectivity index (χ1v) is 15.5. The molecule has 5 heterocycles. The second kappa shape index (κ2) is 8.63. The van der Waals surface area contributed by atoms with Gasteiger partial charge in [0, 0.05) is 36.0 Å². The summed E-state index contributed by atoms with van der Waals surface area (Å²) >= 11 is 0. The van der Waals surface area contributed by atoms with Crippen molar-refractivity contribution in [3.63, 3.8) is 0 Å². The van der Waals surface area contributed by atoms with E-state index in [0.29, 0.717) is 17.9 Å². The lowest BCUT2D eigenvalue weighted by Gasteiger charge is -2.57. The number of aromatic nitrogens is 3. The Morgan fingerprint density at radius 2 is 1.93 bits per heavy atom. The quantitative estimate of drug-likeness (QED) is 0.365. The molecule has 2 fully saturated rings. The number of carbonyl (C=O) groups excluding carboxylic acids is 1. The number of ether oxygens (including phenoxy) is 2. The Morgan fingerprint density at radius 1 is 1.10 bits per heavy atom. The lowest BCUT2D eigenvalue weighted by Crippen LogP contribution is -2.62. The van der Waals surface area contributed by atoms with Crippen molar-refractivity contribution in [3.05, 3.63) is 75.9 Å². The summed E-state index contributed by atoms with van der Waals surface area (Å²) in [6.07, 6.45) is 4.77. The van der Waals surface area contributed by atoms with E-state index in [-0.39, 0.29) is 17.4 Å². The zero-order chi connectivity index (χ0) is 28.3. The smallest absolute Gasteiger partial charge is 0.270 e. The first-order valence-electron chi connectivity index (χ1n) is 15.5. The summed E-state index contributed by atoms with van der Waals surface area (Å²) in [7, 11) is 4.01. The van der Waals surface area contributed by atoms with E-state index < -0.39 is 0 Å². The van der Waals surface area contributed by atoms with Crippen molar-refractivity contribution in [1.82, 2.24) is 24.8 Å². The fourth-order valence-corrected chi connectivity index (χ4v) is 9.33. The number of rotatable bonds is 3. The van der Waals surface area contributed by atoms with Crippen LogP contribution in [0.1, 0.15) is 75.5 Å². The number of likely N-dealkylation sites (tertiary alicyclic amines) is 2. The van der Waals surface area contributed by atoms with Crippen LogP contribution in [0.2, 0.25) is 0 Å². The first kappa shape index (κ1) is 24.8. The minimum atomic E-state index is -0.119. The monoisotopic (exact) mass is 563 g/mol. The number of hydrogen-bond acceptors (Lipinski definition) is 5.